The largest absolute Gasteiger partial charge is 0.383 e. The Morgan fingerprint density at radius 3 is 2.47 bits per heavy atom. The van der Waals surface area contributed by atoms with Crippen LogP contribution in [0.3, 0.4) is 0 Å². The van der Waals surface area contributed by atoms with E-state index >= 15 is 0 Å². The number of hydrogen-bond donors (Lipinski definition) is 1. The predicted octanol–water partition coefficient (Wildman–Crippen LogP) is 3.53. The van der Waals surface area contributed by atoms with Crippen molar-refractivity contribution in [2.75, 3.05) is 5.73 Å². The number of rotatable bonds is 2. The lowest BCUT2D eigenvalue weighted by Gasteiger charge is -2.13. The van der Waals surface area contributed by atoms with E-state index in [4.69, 9.17) is 10.7 Å². The third-order valence-electron chi connectivity index (χ3n) is 4.00. The first-order valence-electron chi connectivity index (χ1n) is 6.78. The van der Waals surface area contributed by atoms with Crippen molar-refractivity contribution in [1.29, 1.82) is 0 Å². The molecule has 0 spiro atoms. The fourth-order valence-corrected chi connectivity index (χ4v) is 2.35. The van der Waals surface area contributed by atoms with Gasteiger partial charge in [-0.1, -0.05) is 18.2 Å². The maximum Gasteiger partial charge on any atom is 0.134 e. The van der Waals surface area contributed by atoms with Gasteiger partial charge in [0.2, 0.25) is 0 Å². The summed E-state index contributed by atoms with van der Waals surface area (Å²) in [7, 11) is 0. The minimum Gasteiger partial charge on any atom is -0.383 e. The molecule has 1 fully saturated rings. The lowest BCUT2D eigenvalue weighted by molar-refractivity contribution is 0.927. The van der Waals surface area contributed by atoms with E-state index in [1.54, 1.807) is 0 Å². The van der Waals surface area contributed by atoms with Gasteiger partial charge in [0.05, 0.1) is 5.69 Å². The maximum absolute atomic E-state index is 6.06. The zero-order valence-corrected chi connectivity index (χ0v) is 11.7. The molecule has 3 rings (SSSR count). The summed E-state index contributed by atoms with van der Waals surface area (Å²) >= 11 is 0. The molecule has 1 aromatic heterocycles. The summed E-state index contributed by atoms with van der Waals surface area (Å²) in [5, 5.41) is 0. The number of aromatic nitrogens is 2. The molecule has 1 aliphatic rings. The molecule has 0 atom stereocenters. The minimum absolute atomic E-state index is 0.520. The molecule has 0 amide bonds. The van der Waals surface area contributed by atoms with E-state index in [2.05, 4.69) is 37.0 Å². The Bertz CT molecular complexity index is 643. The van der Waals surface area contributed by atoms with Crippen molar-refractivity contribution < 1.29 is 0 Å². The van der Waals surface area contributed by atoms with Crippen molar-refractivity contribution in [1.82, 2.24) is 9.97 Å². The first kappa shape index (κ1) is 12.2. The Kier molecular flexibility index (Phi) is 2.77. The fraction of sp³-hybridized carbons (Fsp3) is 0.375. The van der Waals surface area contributed by atoms with E-state index in [0.29, 0.717) is 11.7 Å². The van der Waals surface area contributed by atoms with Gasteiger partial charge in [-0.2, -0.15) is 0 Å². The third kappa shape index (κ3) is 2.09. The molecule has 2 N–H and O–H groups in total. The Hall–Kier alpha value is -1.90. The Morgan fingerprint density at radius 2 is 1.79 bits per heavy atom. The SMILES string of the molecule is Cc1cccc(-c2nc(C3CC3)nc(N)c2C)c1C. The summed E-state index contributed by atoms with van der Waals surface area (Å²) in [5.41, 5.74) is 11.8. The number of hydrogen-bond acceptors (Lipinski definition) is 3. The topological polar surface area (TPSA) is 51.8 Å². The highest BCUT2D eigenvalue weighted by Crippen LogP contribution is 2.40. The molecule has 1 saturated carbocycles. The number of nitrogens with two attached hydrogens (primary N) is 1. The first-order valence-corrected chi connectivity index (χ1v) is 6.78. The predicted molar refractivity (Wildman–Crippen MR) is 78.1 cm³/mol. The second-order valence-corrected chi connectivity index (χ2v) is 5.46. The van der Waals surface area contributed by atoms with Gasteiger partial charge in [0, 0.05) is 17.0 Å². The van der Waals surface area contributed by atoms with Crippen LogP contribution in [0, 0.1) is 20.8 Å². The van der Waals surface area contributed by atoms with Crippen LogP contribution in [0.15, 0.2) is 18.2 Å². The number of benzene rings is 1. The van der Waals surface area contributed by atoms with Crippen molar-refractivity contribution >= 4 is 5.82 Å². The average Bonchev–Trinajstić information content (AvgIpc) is 3.20. The van der Waals surface area contributed by atoms with Gasteiger partial charge >= 0.3 is 0 Å². The summed E-state index contributed by atoms with van der Waals surface area (Å²) < 4.78 is 0. The van der Waals surface area contributed by atoms with Gasteiger partial charge in [0.1, 0.15) is 11.6 Å². The van der Waals surface area contributed by atoms with Gasteiger partial charge in [-0.15, -0.1) is 0 Å². The van der Waals surface area contributed by atoms with Gasteiger partial charge in [0.15, 0.2) is 0 Å². The van der Waals surface area contributed by atoms with E-state index in [-0.39, 0.29) is 0 Å². The van der Waals surface area contributed by atoms with Crippen LogP contribution in [-0.4, -0.2) is 9.97 Å². The summed E-state index contributed by atoms with van der Waals surface area (Å²) in [6.07, 6.45) is 2.38. The highest BCUT2D eigenvalue weighted by Gasteiger charge is 2.28. The van der Waals surface area contributed by atoms with Crippen molar-refractivity contribution in [2.45, 2.75) is 39.5 Å². The molecule has 0 bridgehead atoms. The standard InChI is InChI=1S/C16H19N3/c1-9-5-4-6-13(10(9)2)14-11(3)15(17)19-16(18-14)12-7-8-12/h4-6,12H,7-8H2,1-3H3,(H2,17,18,19). The molecule has 3 heteroatoms. The number of nitrogen functional groups attached to an aromatic ring is 1. The minimum atomic E-state index is 0.520. The Morgan fingerprint density at radius 1 is 1.05 bits per heavy atom. The summed E-state index contributed by atoms with van der Waals surface area (Å²) in [6.45, 7) is 6.27. The van der Waals surface area contributed by atoms with Crippen LogP contribution in [0.2, 0.25) is 0 Å². The van der Waals surface area contributed by atoms with E-state index in [1.807, 2.05) is 6.92 Å². The summed E-state index contributed by atoms with van der Waals surface area (Å²) in [6, 6.07) is 6.32. The lowest BCUT2D eigenvalue weighted by atomic mass is 9.98. The zero-order chi connectivity index (χ0) is 13.6. The van der Waals surface area contributed by atoms with Crippen LogP contribution in [0.5, 0.6) is 0 Å². The van der Waals surface area contributed by atoms with Crippen molar-refractivity contribution in [2.24, 2.45) is 0 Å². The molecule has 1 heterocycles. The fourth-order valence-electron chi connectivity index (χ4n) is 2.35. The quantitative estimate of drug-likeness (QED) is 0.890. The monoisotopic (exact) mass is 253 g/mol. The highest BCUT2D eigenvalue weighted by molar-refractivity contribution is 5.71. The molecular formula is C16H19N3. The van der Waals surface area contributed by atoms with Crippen LogP contribution in [-0.2, 0) is 0 Å². The lowest BCUT2D eigenvalue weighted by Crippen LogP contribution is -2.05. The van der Waals surface area contributed by atoms with Crippen LogP contribution in [0.25, 0.3) is 11.3 Å². The van der Waals surface area contributed by atoms with Gasteiger partial charge in [-0.3, -0.25) is 0 Å². The van der Waals surface area contributed by atoms with Gasteiger partial charge in [-0.25, -0.2) is 9.97 Å². The van der Waals surface area contributed by atoms with Crippen LogP contribution in [0.4, 0.5) is 5.82 Å². The normalized spacial score (nSPS) is 14.7. The van der Waals surface area contributed by atoms with Gasteiger partial charge in [0.25, 0.3) is 0 Å². The van der Waals surface area contributed by atoms with E-state index < -0.39 is 0 Å². The Balaban J connectivity index is 2.20. The number of anilines is 1. The summed E-state index contributed by atoms with van der Waals surface area (Å²) in [5.74, 6) is 2.05. The second-order valence-electron chi connectivity index (χ2n) is 5.46. The van der Waals surface area contributed by atoms with Gasteiger partial charge in [-0.05, 0) is 44.7 Å². The zero-order valence-electron chi connectivity index (χ0n) is 11.7. The summed E-state index contributed by atoms with van der Waals surface area (Å²) in [4.78, 5) is 9.22. The van der Waals surface area contributed by atoms with Crippen molar-refractivity contribution in [3.63, 3.8) is 0 Å². The Labute approximate surface area is 113 Å². The molecule has 1 aliphatic carbocycles. The van der Waals surface area contributed by atoms with Crippen LogP contribution in [0.1, 0.15) is 41.3 Å². The first-order chi connectivity index (χ1) is 9.08. The molecule has 0 radical (unpaired) electrons. The molecule has 19 heavy (non-hydrogen) atoms. The smallest absolute Gasteiger partial charge is 0.134 e. The van der Waals surface area contributed by atoms with Crippen molar-refractivity contribution in [3.8, 4) is 11.3 Å². The molecule has 3 nitrogen and oxygen atoms in total. The highest BCUT2D eigenvalue weighted by atomic mass is 15.0. The molecule has 2 aromatic rings. The maximum atomic E-state index is 6.06. The molecule has 1 aromatic carbocycles. The molecule has 0 saturated heterocycles. The van der Waals surface area contributed by atoms with Gasteiger partial charge < -0.3 is 5.73 Å². The van der Waals surface area contributed by atoms with E-state index in [9.17, 15) is 0 Å². The average molecular weight is 253 g/mol. The molecule has 0 aliphatic heterocycles. The van der Waals surface area contributed by atoms with Crippen LogP contribution < -0.4 is 5.73 Å². The third-order valence-corrected chi connectivity index (χ3v) is 4.00. The van der Waals surface area contributed by atoms with Crippen molar-refractivity contribution in [3.05, 3.63) is 40.7 Å². The molecular weight excluding hydrogens is 234 g/mol. The number of nitrogens with zero attached hydrogens (tertiary/aromatic N) is 2. The molecule has 98 valence electrons. The number of aryl methyl sites for hydroxylation is 1. The van der Waals surface area contributed by atoms with E-state index in [0.717, 1.165) is 17.1 Å². The van der Waals surface area contributed by atoms with E-state index in [1.165, 1.54) is 29.5 Å². The van der Waals surface area contributed by atoms with Crippen LogP contribution >= 0.6 is 0 Å². The molecule has 0 unspecified atom stereocenters. The second kappa shape index (κ2) is 4.34.